The van der Waals surface area contributed by atoms with Gasteiger partial charge in [-0.2, -0.15) is 0 Å². The van der Waals surface area contributed by atoms with Crippen molar-refractivity contribution in [1.82, 2.24) is 5.32 Å². The lowest BCUT2D eigenvalue weighted by atomic mass is 9.80. The molecular formula is C10H17Br2NO2. The van der Waals surface area contributed by atoms with E-state index >= 15 is 0 Å². The molecule has 0 radical (unpaired) electrons. The van der Waals surface area contributed by atoms with E-state index in [-0.39, 0.29) is 17.4 Å². The predicted octanol–water partition coefficient (Wildman–Crippen LogP) is 2.08. The fourth-order valence-corrected chi connectivity index (χ4v) is 3.69. The maximum atomic E-state index is 12.0. The fourth-order valence-electron chi connectivity index (χ4n) is 2.17. The van der Waals surface area contributed by atoms with E-state index in [1.165, 1.54) is 0 Å². The first kappa shape index (κ1) is 13.5. The van der Waals surface area contributed by atoms with Crippen LogP contribution in [-0.2, 0) is 9.53 Å². The summed E-state index contributed by atoms with van der Waals surface area (Å²) >= 11 is 6.85. The van der Waals surface area contributed by atoms with Gasteiger partial charge in [0.05, 0.1) is 18.1 Å². The Morgan fingerprint density at radius 1 is 1.47 bits per heavy atom. The number of hydrogen-bond donors (Lipinski definition) is 1. The SMILES string of the molecule is COCC1CC(CCBr)(CCBr)C(=O)N1. The van der Waals surface area contributed by atoms with Crippen molar-refractivity contribution in [3.05, 3.63) is 0 Å². The molecule has 1 fully saturated rings. The van der Waals surface area contributed by atoms with Gasteiger partial charge >= 0.3 is 0 Å². The summed E-state index contributed by atoms with van der Waals surface area (Å²) in [6.45, 7) is 0.609. The first-order valence-electron chi connectivity index (χ1n) is 5.10. The van der Waals surface area contributed by atoms with Crippen LogP contribution in [0.5, 0.6) is 0 Å². The van der Waals surface area contributed by atoms with Gasteiger partial charge < -0.3 is 10.1 Å². The zero-order chi connectivity index (χ0) is 11.3. The molecule has 1 heterocycles. The number of halogens is 2. The minimum absolute atomic E-state index is 0.181. The highest BCUT2D eigenvalue weighted by atomic mass is 79.9. The summed E-state index contributed by atoms with van der Waals surface area (Å²) < 4.78 is 5.09. The quantitative estimate of drug-likeness (QED) is 0.750. The summed E-state index contributed by atoms with van der Waals surface area (Å²) in [6, 6.07) is 0.181. The van der Waals surface area contributed by atoms with Crippen LogP contribution in [0.2, 0.25) is 0 Å². The first-order chi connectivity index (χ1) is 7.18. The van der Waals surface area contributed by atoms with Crippen LogP contribution >= 0.6 is 31.9 Å². The largest absolute Gasteiger partial charge is 0.383 e. The van der Waals surface area contributed by atoms with Crippen LogP contribution in [0.25, 0.3) is 0 Å². The topological polar surface area (TPSA) is 38.3 Å². The van der Waals surface area contributed by atoms with Gasteiger partial charge in [-0.15, -0.1) is 0 Å². The number of methoxy groups -OCH3 is 1. The molecule has 88 valence electrons. The van der Waals surface area contributed by atoms with Gasteiger partial charge in [0.15, 0.2) is 0 Å². The summed E-state index contributed by atoms with van der Waals surface area (Å²) in [5.74, 6) is 0.184. The molecule has 5 heteroatoms. The third-order valence-electron chi connectivity index (χ3n) is 2.97. The molecule has 1 rings (SSSR count). The Morgan fingerprint density at radius 2 is 2.07 bits per heavy atom. The van der Waals surface area contributed by atoms with Gasteiger partial charge in [-0.05, 0) is 19.3 Å². The van der Waals surface area contributed by atoms with Crippen LogP contribution in [0.3, 0.4) is 0 Å². The second-order valence-corrected chi connectivity index (χ2v) is 5.57. The molecule has 15 heavy (non-hydrogen) atoms. The van der Waals surface area contributed by atoms with E-state index in [0.717, 1.165) is 29.9 Å². The van der Waals surface area contributed by atoms with Crippen LogP contribution < -0.4 is 5.32 Å². The number of alkyl halides is 2. The third-order valence-corrected chi connectivity index (χ3v) is 3.76. The third kappa shape index (κ3) is 3.17. The molecule has 1 unspecified atom stereocenters. The molecule has 0 spiro atoms. The van der Waals surface area contributed by atoms with E-state index in [2.05, 4.69) is 37.2 Å². The molecule has 0 aromatic heterocycles. The normalized spacial score (nSPS) is 24.2. The van der Waals surface area contributed by atoms with Crippen molar-refractivity contribution < 1.29 is 9.53 Å². The van der Waals surface area contributed by atoms with Gasteiger partial charge in [0.2, 0.25) is 5.91 Å². The monoisotopic (exact) mass is 341 g/mol. The molecule has 0 bridgehead atoms. The van der Waals surface area contributed by atoms with E-state index in [0.29, 0.717) is 6.61 Å². The average molecular weight is 343 g/mol. The van der Waals surface area contributed by atoms with Crippen molar-refractivity contribution in [2.45, 2.75) is 25.3 Å². The maximum Gasteiger partial charge on any atom is 0.226 e. The minimum Gasteiger partial charge on any atom is -0.383 e. The Kier molecular flexibility index (Phi) is 5.57. The number of hydrogen-bond acceptors (Lipinski definition) is 2. The summed E-state index contributed by atoms with van der Waals surface area (Å²) in [5.41, 5.74) is -0.198. The van der Waals surface area contributed by atoms with E-state index < -0.39 is 0 Å². The second-order valence-electron chi connectivity index (χ2n) is 3.99. The molecule has 1 aliphatic rings. The molecular weight excluding hydrogens is 326 g/mol. The van der Waals surface area contributed by atoms with E-state index in [1.807, 2.05) is 0 Å². The van der Waals surface area contributed by atoms with Crippen molar-refractivity contribution in [3.63, 3.8) is 0 Å². The fraction of sp³-hybridized carbons (Fsp3) is 0.900. The van der Waals surface area contributed by atoms with Gasteiger partial charge in [0.1, 0.15) is 0 Å². The lowest BCUT2D eigenvalue weighted by Gasteiger charge is -2.24. The molecule has 1 aliphatic heterocycles. The summed E-state index contributed by atoms with van der Waals surface area (Å²) in [7, 11) is 1.67. The van der Waals surface area contributed by atoms with E-state index in [9.17, 15) is 4.79 Å². The Bertz CT molecular complexity index is 217. The molecule has 0 aromatic carbocycles. The molecule has 1 saturated heterocycles. The van der Waals surface area contributed by atoms with Crippen molar-refractivity contribution in [2.75, 3.05) is 24.4 Å². The summed E-state index contributed by atoms with van der Waals surface area (Å²) in [4.78, 5) is 12.0. The number of carbonyl (C=O) groups is 1. The first-order valence-corrected chi connectivity index (χ1v) is 7.34. The Balaban J connectivity index is 2.66. The number of amides is 1. The summed E-state index contributed by atoms with van der Waals surface area (Å²) in [5, 5.41) is 4.75. The highest BCUT2D eigenvalue weighted by Crippen LogP contribution is 2.38. The van der Waals surface area contributed by atoms with Gasteiger partial charge in [-0.3, -0.25) is 4.79 Å². The lowest BCUT2D eigenvalue weighted by molar-refractivity contribution is -0.127. The molecule has 1 amide bonds. The van der Waals surface area contributed by atoms with Crippen LogP contribution in [0.1, 0.15) is 19.3 Å². The van der Waals surface area contributed by atoms with Crippen molar-refractivity contribution in [3.8, 4) is 0 Å². The number of carbonyl (C=O) groups excluding carboxylic acids is 1. The average Bonchev–Trinajstić information content (AvgIpc) is 2.45. The van der Waals surface area contributed by atoms with Gasteiger partial charge in [0, 0.05) is 17.8 Å². The zero-order valence-corrected chi connectivity index (χ0v) is 12.1. The van der Waals surface area contributed by atoms with Crippen LogP contribution in [-0.4, -0.2) is 36.3 Å². The predicted molar refractivity (Wildman–Crippen MR) is 67.7 cm³/mol. The highest BCUT2D eigenvalue weighted by Gasteiger charge is 2.45. The van der Waals surface area contributed by atoms with Gasteiger partial charge in [-0.25, -0.2) is 0 Å². The molecule has 0 saturated carbocycles. The lowest BCUT2D eigenvalue weighted by Crippen LogP contribution is -2.33. The van der Waals surface area contributed by atoms with Crippen molar-refractivity contribution in [2.24, 2.45) is 5.41 Å². The van der Waals surface area contributed by atoms with Gasteiger partial charge in [-0.1, -0.05) is 31.9 Å². The van der Waals surface area contributed by atoms with Gasteiger partial charge in [0.25, 0.3) is 0 Å². The second kappa shape index (κ2) is 6.21. The molecule has 0 aromatic rings. The van der Waals surface area contributed by atoms with Crippen molar-refractivity contribution >= 4 is 37.8 Å². The minimum atomic E-state index is -0.198. The van der Waals surface area contributed by atoms with Crippen molar-refractivity contribution in [1.29, 1.82) is 0 Å². The molecule has 1 N–H and O–H groups in total. The van der Waals surface area contributed by atoms with E-state index in [1.54, 1.807) is 7.11 Å². The smallest absolute Gasteiger partial charge is 0.226 e. The highest BCUT2D eigenvalue weighted by molar-refractivity contribution is 9.09. The standard InChI is InChI=1S/C10H17Br2NO2/c1-15-7-8-6-10(2-4-11,3-5-12)9(14)13-8/h8H,2-7H2,1H3,(H,13,14). The van der Waals surface area contributed by atoms with Crippen LogP contribution in [0.15, 0.2) is 0 Å². The number of nitrogens with one attached hydrogen (secondary N) is 1. The van der Waals surface area contributed by atoms with E-state index in [4.69, 9.17) is 4.74 Å². The Labute approximate surface area is 108 Å². The number of rotatable bonds is 6. The summed E-state index contributed by atoms with van der Waals surface area (Å²) in [6.07, 6.45) is 2.67. The maximum absolute atomic E-state index is 12.0. The molecule has 0 aliphatic carbocycles. The molecule has 1 atom stereocenters. The zero-order valence-electron chi connectivity index (χ0n) is 8.89. The van der Waals surface area contributed by atoms with Crippen LogP contribution in [0.4, 0.5) is 0 Å². The molecule has 3 nitrogen and oxygen atoms in total. The number of ether oxygens (including phenoxy) is 1. The Hall–Kier alpha value is 0.390. The Morgan fingerprint density at radius 3 is 2.53 bits per heavy atom. The van der Waals surface area contributed by atoms with Crippen LogP contribution in [0, 0.1) is 5.41 Å².